The molecule has 28 heavy (non-hydrogen) atoms. The molecule has 1 N–H and O–H groups in total. The molecule has 0 atom stereocenters. The Morgan fingerprint density at radius 3 is 2.32 bits per heavy atom. The lowest BCUT2D eigenvalue weighted by atomic mass is 10.1. The summed E-state index contributed by atoms with van der Waals surface area (Å²) in [6.45, 7) is 0. The number of hydrogen-bond acceptors (Lipinski definition) is 4. The summed E-state index contributed by atoms with van der Waals surface area (Å²) in [7, 11) is -2.12. The maximum Gasteiger partial charge on any atom is 0.261 e. The smallest absolute Gasteiger partial charge is 0.261 e. The van der Waals surface area contributed by atoms with E-state index in [1.165, 1.54) is 24.3 Å². The number of hydrogen-bond donors (Lipinski definition) is 1. The van der Waals surface area contributed by atoms with Crippen LogP contribution in [0.2, 0.25) is 0 Å². The number of sulfonamides is 1. The number of nitrogens with one attached hydrogen (secondary N) is 1. The number of anilines is 1. The van der Waals surface area contributed by atoms with Crippen molar-refractivity contribution in [2.24, 2.45) is 0 Å². The normalized spacial score (nSPS) is 11.3. The van der Waals surface area contributed by atoms with Crippen LogP contribution < -0.4 is 9.46 Å². The van der Waals surface area contributed by atoms with Crippen molar-refractivity contribution < 1.29 is 17.9 Å². The van der Waals surface area contributed by atoms with Crippen molar-refractivity contribution in [3.63, 3.8) is 0 Å². The maximum absolute atomic E-state index is 12.4. The van der Waals surface area contributed by atoms with Gasteiger partial charge in [0.05, 0.1) is 12.0 Å². The van der Waals surface area contributed by atoms with Crippen molar-refractivity contribution in [2.75, 3.05) is 11.8 Å². The summed E-state index contributed by atoms with van der Waals surface area (Å²) in [5.74, 6) is 0.512. The molecule has 0 bridgehead atoms. The van der Waals surface area contributed by atoms with E-state index in [4.69, 9.17) is 4.74 Å². The molecule has 0 radical (unpaired) electrons. The average molecular weight is 393 g/mol. The molecule has 0 aliphatic carbocycles. The molecule has 3 rings (SSSR count). The van der Waals surface area contributed by atoms with Crippen molar-refractivity contribution in [3.8, 4) is 5.75 Å². The summed E-state index contributed by atoms with van der Waals surface area (Å²) < 4.78 is 32.5. The molecule has 3 aromatic carbocycles. The Morgan fingerprint density at radius 2 is 1.64 bits per heavy atom. The van der Waals surface area contributed by atoms with E-state index < -0.39 is 10.0 Å². The molecule has 142 valence electrons. The summed E-state index contributed by atoms with van der Waals surface area (Å²) in [5.41, 5.74) is 1.57. The first kappa shape index (κ1) is 19.4. The number of benzene rings is 3. The number of ether oxygens (including phenoxy) is 1. The third kappa shape index (κ3) is 4.86. The Hall–Kier alpha value is -3.38. The van der Waals surface area contributed by atoms with Crippen molar-refractivity contribution >= 4 is 27.6 Å². The van der Waals surface area contributed by atoms with Crippen LogP contribution in [0.1, 0.15) is 15.9 Å². The van der Waals surface area contributed by atoms with E-state index in [1.54, 1.807) is 49.6 Å². The van der Waals surface area contributed by atoms with Crippen LogP contribution in [-0.4, -0.2) is 21.3 Å². The topological polar surface area (TPSA) is 72.5 Å². The first-order valence-corrected chi connectivity index (χ1v) is 10.0. The highest BCUT2D eigenvalue weighted by molar-refractivity contribution is 7.92. The zero-order valence-corrected chi connectivity index (χ0v) is 16.0. The standard InChI is InChI=1S/C22H19NO4S/c1-27-20-13-10-17(11-14-20)12-15-22(24)18-6-5-7-19(16-18)23-28(25,26)21-8-3-2-4-9-21/h2-16,23H,1H3. The summed E-state index contributed by atoms with van der Waals surface area (Å²) in [5, 5.41) is 0. The minimum atomic E-state index is -3.71. The van der Waals surface area contributed by atoms with Gasteiger partial charge in [-0.1, -0.05) is 48.5 Å². The van der Waals surface area contributed by atoms with Gasteiger partial charge in [0.25, 0.3) is 10.0 Å². The molecule has 0 aromatic heterocycles. The third-order valence-electron chi connectivity index (χ3n) is 4.00. The maximum atomic E-state index is 12.4. The Kier molecular flexibility index (Phi) is 5.91. The fourth-order valence-electron chi connectivity index (χ4n) is 2.53. The van der Waals surface area contributed by atoms with E-state index in [2.05, 4.69) is 4.72 Å². The Balaban J connectivity index is 1.75. The van der Waals surface area contributed by atoms with Gasteiger partial charge in [-0.25, -0.2) is 8.42 Å². The molecular weight excluding hydrogens is 374 g/mol. The molecule has 0 heterocycles. The van der Waals surface area contributed by atoms with Crippen LogP contribution in [0.25, 0.3) is 6.08 Å². The van der Waals surface area contributed by atoms with Gasteiger partial charge < -0.3 is 4.74 Å². The molecule has 0 aliphatic heterocycles. The monoisotopic (exact) mass is 393 g/mol. The van der Waals surface area contributed by atoms with Gasteiger partial charge in [-0.3, -0.25) is 9.52 Å². The fourth-order valence-corrected chi connectivity index (χ4v) is 3.60. The predicted molar refractivity (Wildman–Crippen MR) is 110 cm³/mol. The number of carbonyl (C=O) groups is 1. The van der Waals surface area contributed by atoms with E-state index in [-0.39, 0.29) is 10.7 Å². The number of carbonyl (C=O) groups excluding carboxylic acids is 1. The van der Waals surface area contributed by atoms with Gasteiger partial charge in [0, 0.05) is 11.3 Å². The minimum absolute atomic E-state index is 0.158. The number of ketones is 1. The average Bonchev–Trinajstić information content (AvgIpc) is 2.73. The van der Waals surface area contributed by atoms with Crippen LogP contribution in [0.5, 0.6) is 5.75 Å². The second-order valence-electron chi connectivity index (χ2n) is 5.97. The molecule has 0 saturated heterocycles. The Morgan fingerprint density at radius 1 is 0.929 bits per heavy atom. The van der Waals surface area contributed by atoms with Crippen LogP contribution in [0.4, 0.5) is 5.69 Å². The third-order valence-corrected chi connectivity index (χ3v) is 5.39. The molecule has 6 heteroatoms. The van der Waals surface area contributed by atoms with Gasteiger partial charge >= 0.3 is 0 Å². The van der Waals surface area contributed by atoms with E-state index in [9.17, 15) is 13.2 Å². The largest absolute Gasteiger partial charge is 0.497 e. The first-order valence-electron chi connectivity index (χ1n) is 8.52. The minimum Gasteiger partial charge on any atom is -0.497 e. The van der Waals surface area contributed by atoms with Gasteiger partial charge in [0.15, 0.2) is 5.78 Å². The number of rotatable bonds is 7. The lowest BCUT2D eigenvalue weighted by molar-refractivity contribution is 0.104. The SMILES string of the molecule is COc1ccc(C=CC(=O)c2cccc(NS(=O)(=O)c3ccccc3)c2)cc1. The van der Waals surface area contributed by atoms with Crippen LogP contribution >= 0.6 is 0 Å². The van der Waals surface area contributed by atoms with E-state index in [1.807, 2.05) is 24.3 Å². The van der Waals surface area contributed by atoms with E-state index >= 15 is 0 Å². The highest BCUT2D eigenvalue weighted by Crippen LogP contribution is 2.18. The van der Waals surface area contributed by atoms with Crippen LogP contribution in [0, 0.1) is 0 Å². The highest BCUT2D eigenvalue weighted by atomic mass is 32.2. The second kappa shape index (κ2) is 8.54. The molecule has 5 nitrogen and oxygen atoms in total. The number of methoxy groups -OCH3 is 1. The lowest BCUT2D eigenvalue weighted by Crippen LogP contribution is -2.13. The summed E-state index contributed by atoms with van der Waals surface area (Å²) in [4.78, 5) is 12.6. The van der Waals surface area contributed by atoms with Crippen molar-refractivity contribution in [1.29, 1.82) is 0 Å². The quantitative estimate of drug-likeness (QED) is 0.477. The van der Waals surface area contributed by atoms with Gasteiger partial charge in [-0.05, 0) is 48.0 Å². The zero-order valence-electron chi connectivity index (χ0n) is 15.2. The second-order valence-corrected chi connectivity index (χ2v) is 7.65. The van der Waals surface area contributed by atoms with Gasteiger partial charge in [0.1, 0.15) is 5.75 Å². The van der Waals surface area contributed by atoms with Gasteiger partial charge in [-0.15, -0.1) is 0 Å². The summed E-state index contributed by atoms with van der Waals surface area (Å²) in [6.07, 6.45) is 3.15. The van der Waals surface area contributed by atoms with E-state index in [0.29, 0.717) is 11.3 Å². The van der Waals surface area contributed by atoms with Crippen molar-refractivity contribution in [2.45, 2.75) is 4.90 Å². The van der Waals surface area contributed by atoms with Crippen molar-refractivity contribution in [1.82, 2.24) is 0 Å². The molecule has 0 spiro atoms. The molecule has 0 unspecified atom stereocenters. The van der Waals surface area contributed by atoms with Crippen LogP contribution in [0.3, 0.4) is 0 Å². The van der Waals surface area contributed by atoms with Crippen LogP contribution in [0.15, 0.2) is 89.8 Å². The highest BCUT2D eigenvalue weighted by Gasteiger charge is 2.14. The van der Waals surface area contributed by atoms with E-state index in [0.717, 1.165) is 11.3 Å². The van der Waals surface area contributed by atoms with Gasteiger partial charge in [-0.2, -0.15) is 0 Å². The number of allylic oxidation sites excluding steroid dienone is 1. The predicted octanol–water partition coefficient (Wildman–Crippen LogP) is 4.39. The summed E-state index contributed by atoms with van der Waals surface area (Å²) in [6, 6.07) is 21.8. The van der Waals surface area contributed by atoms with Crippen LogP contribution in [-0.2, 0) is 10.0 Å². The lowest BCUT2D eigenvalue weighted by Gasteiger charge is -2.08. The van der Waals surface area contributed by atoms with Gasteiger partial charge in [0.2, 0.25) is 0 Å². The molecule has 0 fully saturated rings. The Bertz CT molecular complexity index is 1090. The summed E-state index contributed by atoms with van der Waals surface area (Å²) >= 11 is 0. The molecular formula is C22H19NO4S. The molecule has 3 aromatic rings. The fraction of sp³-hybridized carbons (Fsp3) is 0.0455. The molecule has 0 amide bonds. The van der Waals surface area contributed by atoms with Crippen molar-refractivity contribution in [3.05, 3.63) is 96.1 Å². The molecule has 0 saturated carbocycles. The first-order chi connectivity index (χ1) is 13.5. The Labute approximate surface area is 164 Å². The zero-order chi connectivity index (χ0) is 20.0. The molecule has 0 aliphatic rings.